The van der Waals surface area contributed by atoms with Crippen molar-refractivity contribution in [3.05, 3.63) is 29.8 Å². The first-order chi connectivity index (χ1) is 13.0. The largest absolute Gasteiger partial charge is 0.337 e. The third-order valence-electron chi connectivity index (χ3n) is 5.18. The van der Waals surface area contributed by atoms with Crippen molar-refractivity contribution < 1.29 is 19.2 Å². The minimum atomic E-state index is -0.656. The molecule has 3 aliphatic heterocycles. The van der Waals surface area contributed by atoms with Crippen LogP contribution in [0, 0.1) is 0 Å². The molecule has 0 spiro atoms. The molecule has 4 amide bonds. The van der Waals surface area contributed by atoms with Gasteiger partial charge in [0.1, 0.15) is 6.04 Å². The monoisotopic (exact) mass is 388 g/mol. The molecule has 0 unspecified atom stereocenters. The second-order valence-corrected chi connectivity index (χ2v) is 7.85. The molecule has 142 valence electrons. The Bertz CT molecular complexity index is 806. The van der Waals surface area contributed by atoms with Crippen LogP contribution in [-0.4, -0.2) is 76.8 Å². The van der Waals surface area contributed by atoms with Crippen LogP contribution >= 0.6 is 11.8 Å². The van der Waals surface area contributed by atoms with Crippen molar-refractivity contribution in [1.82, 2.24) is 15.1 Å². The molecule has 3 fully saturated rings. The summed E-state index contributed by atoms with van der Waals surface area (Å²) in [6.07, 6.45) is 0. The van der Waals surface area contributed by atoms with Gasteiger partial charge in [0.05, 0.1) is 18.3 Å². The number of hydrogen-bond acceptors (Lipinski definition) is 6. The summed E-state index contributed by atoms with van der Waals surface area (Å²) in [5.41, 5.74) is 0.963. The van der Waals surface area contributed by atoms with E-state index in [1.165, 1.54) is 11.8 Å². The maximum atomic E-state index is 12.9. The molecule has 3 aliphatic rings. The quantitative estimate of drug-likeness (QED) is 0.600. The van der Waals surface area contributed by atoms with Crippen LogP contribution < -0.4 is 10.2 Å². The van der Waals surface area contributed by atoms with Crippen LogP contribution in [0.3, 0.4) is 0 Å². The van der Waals surface area contributed by atoms with E-state index in [2.05, 4.69) is 5.32 Å². The average Bonchev–Trinajstić information content (AvgIpc) is 3.29. The number of hydrogen-bond donors (Lipinski definition) is 1. The summed E-state index contributed by atoms with van der Waals surface area (Å²) in [4.78, 5) is 54.0. The molecular formula is C18H20N4O4S. The highest BCUT2D eigenvalue weighted by Gasteiger charge is 2.49. The number of amides is 4. The van der Waals surface area contributed by atoms with Gasteiger partial charge in [-0.25, -0.2) is 9.69 Å². The van der Waals surface area contributed by atoms with Crippen molar-refractivity contribution in [3.63, 3.8) is 0 Å². The number of imide groups is 1. The van der Waals surface area contributed by atoms with Gasteiger partial charge in [-0.15, -0.1) is 11.8 Å². The number of thioether (sulfide) groups is 1. The van der Waals surface area contributed by atoms with Crippen LogP contribution in [0.1, 0.15) is 17.3 Å². The lowest BCUT2D eigenvalue weighted by atomic mass is 10.1. The SMILES string of the molecule is CC(=O)c1ccc(N2C(=O)[C@@H]3CN(C(=O)[C@@H]4CSCN4)CCN3C2=O)cc1. The molecule has 3 saturated heterocycles. The number of rotatable bonds is 3. The maximum Gasteiger partial charge on any atom is 0.332 e. The molecule has 9 heteroatoms. The molecule has 1 N–H and O–H groups in total. The van der Waals surface area contributed by atoms with Crippen LogP contribution in [0.15, 0.2) is 24.3 Å². The lowest BCUT2D eigenvalue weighted by Crippen LogP contribution is -2.57. The fourth-order valence-corrected chi connectivity index (χ4v) is 4.59. The minimum Gasteiger partial charge on any atom is -0.337 e. The van der Waals surface area contributed by atoms with Crippen molar-refractivity contribution in [2.24, 2.45) is 0 Å². The predicted molar refractivity (Wildman–Crippen MR) is 101 cm³/mol. The molecule has 0 aromatic heterocycles. The van der Waals surface area contributed by atoms with Gasteiger partial charge < -0.3 is 9.80 Å². The van der Waals surface area contributed by atoms with Crippen LogP contribution in [0.25, 0.3) is 0 Å². The Balaban J connectivity index is 1.52. The van der Waals surface area contributed by atoms with E-state index in [9.17, 15) is 19.2 Å². The summed E-state index contributed by atoms with van der Waals surface area (Å²) < 4.78 is 0. The Labute approximate surface area is 160 Å². The fourth-order valence-electron chi connectivity index (χ4n) is 3.65. The number of piperazine rings is 1. The van der Waals surface area contributed by atoms with Gasteiger partial charge in [0.25, 0.3) is 5.91 Å². The third kappa shape index (κ3) is 3.10. The molecule has 0 radical (unpaired) electrons. The summed E-state index contributed by atoms with van der Waals surface area (Å²) >= 11 is 1.67. The number of fused-ring (bicyclic) bond motifs is 1. The van der Waals surface area contributed by atoms with Crippen molar-refractivity contribution >= 4 is 41.1 Å². The Morgan fingerprint density at radius 2 is 1.89 bits per heavy atom. The lowest BCUT2D eigenvalue weighted by molar-refractivity contribution is -0.136. The first-order valence-corrected chi connectivity index (χ1v) is 9.98. The van der Waals surface area contributed by atoms with Gasteiger partial charge in [-0.3, -0.25) is 19.7 Å². The highest BCUT2D eigenvalue weighted by molar-refractivity contribution is 7.99. The molecule has 1 aromatic carbocycles. The van der Waals surface area contributed by atoms with Gasteiger partial charge >= 0.3 is 6.03 Å². The molecule has 4 rings (SSSR count). The molecule has 0 bridgehead atoms. The van der Waals surface area contributed by atoms with Crippen LogP contribution in [0.2, 0.25) is 0 Å². The molecule has 27 heavy (non-hydrogen) atoms. The highest BCUT2D eigenvalue weighted by atomic mass is 32.2. The number of nitrogens with zero attached hydrogens (tertiary/aromatic N) is 3. The smallest absolute Gasteiger partial charge is 0.332 e. The first-order valence-electron chi connectivity index (χ1n) is 8.83. The van der Waals surface area contributed by atoms with Crippen LogP contribution in [0.4, 0.5) is 10.5 Å². The van der Waals surface area contributed by atoms with Crippen LogP contribution in [0.5, 0.6) is 0 Å². The molecule has 1 aromatic rings. The predicted octanol–water partition coefficient (Wildman–Crippen LogP) is 0.531. The molecule has 2 atom stereocenters. The van der Waals surface area contributed by atoms with E-state index in [-0.39, 0.29) is 36.2 Å². The summed E-state index contributed by atoms with van der Waals surface area (Å²) in [5.74, 6) is 1.06. The van der Waals surface area contributed by atoms with E-state index in [4.69, 9.17) is 0 Å². The van der Waals surface area contributed by atoms with Crippen molar-refractivity contribution in [2.75, 3.05) is 36.2 Å². The van der Waals surface area contributed by atoms with Crippen molar-refractivity contribution in [1.29, 1.82) is 0 Å². The fraction of sp³-hybridized carbons (Fsp3) is 0.444. The molecule has 0 saturated carbocycles. The Hall–Kier alpha value is -2.39. The van der Waals surface area contributed by atoms with E-state index < -0.39 is 6.04 Å². The van der Waals surface area contributed by atoms with E-state index in [0.29, 0.717) is 24.3 Å². The van der Waals surface area contributed by atoms with Crippen molar-refractivity contribution in [2.45, 2.75) is 19.0 Å². The number of anilines is 1. The zero-order valence-electron chi connectivity index (χ0n) is 14.9. The topological polar surface area (TPSA) is 90.0 Å². The zero-order valence-corrected chi connectivity index (χ0v) is 15.7. The number of carbonyl (C=O) groups excluding carboxylic acids is 4. The second kappa shape index (κ2) is 6.97. The Morgan fingerprint density at radius 1 is 1.15 bits per heavy atom. The second-order valence-electron chi connectivity index (χ2n) is 6.82. The standard InChI is InChI=1S/C18H20N4O4S/c1-11(23)12-2-4-13(5-3-12)22-17(25)15-8-20(6-7-21(15)18(22)26)16(24)14-9-27-10-19-14/h2-5,14-15,19H,6-10H2,1H3/t14-,15-/m0/s1. The van der Waals surface area contributed by atoms with E-state index >= 15 is 0 Å². The molecular weight excluding hydrogens is 368 g/mol. The summed E-state index contributed by atoms with van der Waals surface area (Å²) in [6, 6.07) is 5.17. The Morgan fingerprint density at radius 3 is 2.52 bits per heavy atom. The molecule has 0 aliphatic carbocycles. The van der Waals surface area contributed by atoms with Gasteiger partial charge in [0.2, 0.25) is 5.91 Å². The summed E-state index contributed by atoms with van der Waals surface area (Å²) in [7, 11) is 0. The summed E-state index contributed by atoms with van der Waals surface area (Å²) in [5, 5.41) is 3.15. The Kier molecular flexibility index (Phi) is 4.65. The van der Waals surface area contributed by atoms with Gasteiger partial charge in [0.15, 0.2) is 5.78 Å². The number of ketones is 1. The van der Waals surface area contributed by atoms with Gasteiger partial charge in [-0.05, 0) is 31.2 Å². The third-order valence-corrected chi connectivity index (χ3v) is 6.12. The number of Topliss-reactive ketones (excluding diaryl/α,β-unsaturated/α-hetero) is 1. The number of urea groups is 1. The van der Waals surface area contributed by atoms with Crippen LogP contribution in [-0.2, 0) is 9.59 Å². The highest BCUT2D eigenvalue weighted by Crippen LogP contribution is 2.28. The summed E-state index contributed by atoms with van der Waals surface area (Å²) in [6.45, 7) is 2.44. The average molecular weight is 388 g/mol. The van der Waals surface area contributed by atoms with Gasteiger partial charge in [0, 0.05) is 30.3 Å². The maximum absolute atomic E-state index is 12.9. The van der Waals surface area contributed by atoms with E-state index in [1.807, 2.05) is 0 Å². The normalized spacial score (nSPS) is 25.1. The number of carbonyl (C=O) groups is 4. The van der Waals surface area contributed by atoms with Gasteiger partial charge in [-0.1, -0.05) is 0 Å². The van der Waals surface area contributed by atoms with E-state index in [0.717, 1.165) is 16.5 Å². The molecule has 3 heterocycles. The molecule has 8 nitrogen and oxygen atoms in total. The lowest BCUT2D eigenvalue weighted by Gasteiger charge is -2.36. The number of nitrogens with one attached hydrogen (secondary N) is 1. The minimum absolute atomic E-state index is 0.0100. The van der Waals surface area contributed by atoms with E-state index in [1.54, 1.807) is 40.9 Å². The van der Waals surface area contributed by atoms with Gasteiger partial charge in [-0.2, -0.15) is 0 Å². The first kappa shape index (κ1) is 18.0. The number of benzene rings is 1. The van der Waals surface area contributed by atoms with Crippen molar-refractivity contribution in [3.8, 4) is 0 Å². The zero-order chi connectivity index (χ0) is 19.1.